The lowest BCUT2D eigenvalue weighted by atomic mass is 10.1. The minimum atomic E-state index is -0.920. The fraction of sp³-hybridized carbons (Fsp3) is 0.444. The molecule has 0 aliphatic rings. The summed E-state index contributed by atoms with van der Waals surface area (Å²) in [7, 11) is 0. The number of aliphatic carboxylic acids is 1. The predicted octanol–water partition coefficient (Wildman–Crippen LogP) is 0.0806. The zero-order chi connectivity index (χ0) is 11.1. The van der Waals surface area contributed by atoms with Gasteiger partial charge in [-0.3, -0.25) is 0 Å². The lowest BCUT2D eigenvalue weighted by Gasteiger charge is -2.13. The second kappa shape index (κ2) is 5.92. The van der Waals surface area contributed by atoms with E-state index in [4.69, 9.17) is 10.8 Å². The number of nitrogens with zero attached hydrogens (tertiary/aromatic N) is 2. The molecule has 1 unspecified atom stereocenters. The Balaban J connectivity index is 2.55. The first kappa shape index (κ1) is 11.4. The lowest BCUT2D eigenvalue weighted by Crippen LogP contribution is -2.30. The molecule has 1 rings (SSSR count). The van der Waals surface area contributed by atoms with Crippen LogP contribution in [0.25, 0.3) is 0 Å². The molecular weight excluding hydrogens is 196 g/mol. The quantitative estimate of drug-likeness (QED) is 0.614. The molecule has 0 bridgehead atoms. The molecule has 1 aromatic rings. The van der Waals surface area contributed by atoms with Gasteiger partial charge in [-0.05, 0) is 25.5 Å². The van der Waals surface area contributed by atoms with Crippen molar-refractivity contribution in [2.24, 2.45) is 5.73 Å². The van der Waals surface area contributed by atoms with Crippen LogP contribution >= 0.6 is 0 Å². The van der Waals surface area contributed by atoms with Crippen molar-refractivity contribution in [1.29, 1.82) is 0 Å². The molecule has 0 fully saturated rings. The van der Waals surface area contributed by atoms with Crippen molar-refractivity contribution in [3.05, 3.63) is 18.5 Å². The maximum atomic E-state index is 10.9. The third kappa shape index (κ3) is 3.90. The van der Waals surface area contributed by atoms with Gasteiger partial charge in [0, 0.05) is 12.4 Å². The number of carboxylic acid groups (broad SMARTS) is 1. The molecule has 6 heteroatoms. The molecule has 15 heavy (non-hydrogen) atoms. The molecule has 0 saturated carbocycles. The zero-order valence-electron chi connectivity index (χ0n) is 8.26. The number of nitrogens with one attached hydrogen (secondary N) is 1. The van der Waals surface area contributed by atoms with Crippen LogP contribution in [0, 0.1) is 0 Å². The van der Waals surface area contributed by atoms with Gasteiger partial charge < -0.3 is 16.2 Å². The molecule has 0 radical (unpaired) electrons. The number of carbonyl (C=O) groups is 1. The van der Waals surface area contributed by atoms with Crippen LogP contribution in [-0.2, 0) is 4.79 Å². The van der Waals surface area contributed by atoms with E-state index in [1.165, 1.54) is 0 Å². The topological polar surface area (TPSA) is 101 Å². The second-order valence-corrected chi connectivity index (χ2v) is 3.04. The summed E-state index contributed by atoms with van der Waals surface area (Å²) in [4.78, 5) is 18.6. The molecule has 0 spiro atoms. The van der Waals surface area contributed by atoms with Gasteiger partial charge in [-0.15, -0.1) is 0 Å². The first-order chi connectivity index (χ1) is 7.24. The SMILES string of the molecule is NCCCC(Nc1ncccn1)C(=O)O. The van der Waals surface area contributed by atoms with Crippen LogP contribution in [0.5, 0.6) is 0 Å². The number of hydrogen-bond donors (Lipinski definition) is 3. The van der Waals surface area contributed by atoms with Crippen molar-refractivity contribution in [3.8, 4) is 0 Å². The summed E-state index contributed by atoms with van der Waals surface area (Å²) >= 11 is 0. The highest BCUT2D eigenvalue weighted by Crippen LogP contribution is 2.04. The molecule has 4 N–H and O–H groups in total. The predicted molar refractivity (Wildman–Crippen MR) is 55.4 cm³/mol. The highest BCUT2D eigenvalue weighted by Gasteiger charge is 2.16. The minimum absolute atomic E-state index is 0.321. The van der Waals surface area contributed by atoms with E-state index < -0.39 is 12.0 Å². The van der Waals surface area contributed by atoms with Gasteiger partial charge in [0.1, 0.15) is 6.04 Å². The molecule has 1 heterocycles. The lowest BCUT2D eigenvalue weighted by molar-refractivity contribution is -0.138. The first-order valence-electron chi connectivity index (χ1n) is 4.70. The molecule has 0 aliphatic heterocycles. The number of aromatic nitrogens is 2. The van der Waals surface area contributed by atoms with E-state index in [0.717, 1.165) is 0 Å². The van der Waals surface area contributed by atoms with Crippen molar-refractivity contribution in [2.75, 3.05) is 11.9 Å². The van der Waals surface area contributed by atoms with Crippen molar-refractivity contribution in [1.82, 2.24) is 9.97 Å². The summed E-state index contributed by atoms with van der Waals surface area (Å²) < 4.78 is 0. The van der Waals surface area contributed by atoms with Crippen LogP contribution in [0.15, 0.2) is 18.5 Å². The Morgan fingerprint density at radius 2 is 2.20 bits per heavy atom. The van der Waals surface area contributed by atoms with E-state index in [1.54, 1.807) is 18.5 Å². The Hall–Kier alpha value is -1.69. The Kier molecular flexibility index (Phi) is 4.49. The van der Waals surface area contributed by atoms with Gasteiger partial charge in [0.05, 0.1) is 0 Å². The summed E-state index contributed by atoms with van der Waals surface area (Å²) in [5, 5.41) is 11.6. The Bertz CT molecular complexity index is 304. The normalized spacial score (nSPS) is 12.1. The van der Waals surface area contributed by atoms with Gasteiger partial charge >= 0.3 is 5.97 Å². The fourth-order valence-electron chi connectivity index (χ4n) is 1.11. The molecule has 0 aliphatic carbocycles. The van der Waals surface area contributed by atoms with Crippen molar-refractivity contribution in [2.45, 2.75) is 18.9 Å². The average Bonchev–Trinajstić information content (AvgIpc) is 2.25. The van der Waals surface area contributed by atoms with Gasteiger partial charge in [-0.25, -0.2) is 14.8 Å². The van der Waals surface area contributed by atoms with E-state index in [-0.39, 0.29) is 0 Å². The molecule has 6 nitrogen and oxygen atoms in total. The van der Waals surface area contributed by atoms with Gasteiger partial charge in [-0.2, -0.15) is 0 Å². The molecule has 1 aromatic heterocycles. The monoisotopic (exact) mass is 210 g/mol. The summed E-state index contributed by atoms with van der Waals surface area (Å²) in [6.07, 6.45) is 4.22. The maximum absolute atomic E-state index is 10.9. The van der Waals surface area contributed by atoms with Crippen molar-refractivity contribution in [3.63, 3.8) is 0 Å². The molecular formula is C9H14N4O2. The van der Waals surface area contributed by atoms with Gasteiger partial charge in [0.2, 0.25) is 5.95 Å². The van der Waals surface area contributed by atoms with Gasteiger partial charge in [-0.1, -0.05) is 0 Å². The van der Waals surface area contributed by atoms with E-state index >= 15 is 0 Å². The van der Waals surface area contributed by atoms with Crippen LogP contribution in [0.4, 0.5) is 5.95 Å². The van der Waals surface area contributed by atoms with Crippen LogP contribution in [0.1, 0.15) is 12.8 Å². The van der Waals surface area contributed by atoms with Crippen LogP contribution in [0.2, 0.25) is 0 Å². The number of hydrogen-bond acceptors (Lipinski definition) is 5. The summed E-state index contributed by atoms with van der Waals surface area (Å²) in [6.45, 7) is 0.473. The van der Waals surface area contributed by atoms with E-state index in [9.17, 15) is 4.79 Å². The smallest absolute Gasteiger partial charge is 0.326 e. The fourth-order valence-corrected chi connectivity index (χ4v) is 1.11. The van der Waals surface area contributed by atoms with E-state index in [0.29, 0.717) is 25.3 Å². The Morgan fingerprint density at radius 3 is 2.73 bits per heavy atom. The average molecular weight is 210 g/mol. The standard InChI is InChI=1S/C9H14N4O2/c10-4-1-3-7(8(14)15)13-9-11-5-2-6-12-9/h2,5-7H,1,3-4,10H2,(H,14,15)(H,11,12,13). The van der Waals surface area contributed by atoms with Crippen molar-refractivity contribution >= 4 is 11.9 Å². The van der Waals surface area contributed by atoms with E-state index in [1.807, 2.05) is 0 Å². The van der Waals surface area contributed by atoms with Gasteiger partial charge in [0.25, 0.3) is 0 Å². The third-order valence-corrected chi connectivity index (χ3v) is 1.86. The highest BCUT2D eigenvalue weighted by molar-refractivity contribution is 5.76. The van der Waals surface area contributed by atoms with Gasteiger partial charge in [0.15, 0.2) is 0 Å². The van der Waals surface area contributed by atoms with Crippen LogP contribution < -0.4 is 11.1 Å². The Labute approximate surface area is 87.5 Å². The van der Waals surface area contributed by atoms with Crippen molar-refractivity contribution < 1.29 is 9.90 Å². The Morgan fingerprint density at radius 1 is 1.53 bits per heavy atom. The zero-order valence-corrected chi connectivity index (χ0v) is 8.26. The summed E-state index contributed by atoms with van der Waals surface area (Å²) in [5.41, 5.74) is 5.32. The van der Waals surface area contributed by atoms with Crippen LogP contribution in [0.3, 0.4) is 0 Å². The summed E-state index contributed by atoms with van der Waals surface area (Å²) in [5.74, 6) is -0.599. The number of carboxylic acids is 1. The molecule has 0 amide bonds. The summed E-state index contributed by atoms with van der Waals surface area (Å²) in [6, 6.07) is 0.983. The first-order valence-corrected chi connectivity index (χ1v) is 4.70. The molecule has 82 valence electrons. The maximum Gasteiger partial charge on any atom is 0.326 e. The number of rotatable bonds is 6. The molecule has 0 aromatic carbocycles. The highest BCUT2D eigenvalue weighted by atomic mass is 16.4. The molecule has 1 atom stereocenters. The minimum Gasteiger partial charge on any atom is -0.480 e. The second-order valence-electron chi connectivity index (χ2n) is 3.04. The molecule has 0 saturated heterocycles. The number of nitrogens with two attached hydrogens (primary N) is 1. The largest absolute Gasteiger partial charge is 0.480 e. The van der Waals surface area contributed by atoms with Crippen LogP contribution in [-0.4, -0.2) is 33.6 Å². The van der Waals surface area contributed by atoms with E-state index in [2.05, 4.69) is 15.3 Å². The third-order valence-electron chi connectivity index (χ3n) is 1.86. The number of anilines is 1.